The molecule has 0 amide bonds. The van der Waals surface area contributed by atoms with Crippen LogP contribution in [0.4, 0.5) is 5.95 Å². The summed E-state index contributed by atoms with van der Waals surface area (Å²) in [5.74, 6) is 2.21. The Hall–Kier alpha value is -4.26. The Balaban J connectivity index is 1.40. The second kappa shape index (κ2) is 7.29. The molecule has 0 atom stereocenters. The first-order chi connectivity index (χ1) is 14.7. The van der Waals surface area contributed by atoms with Crippen molar-refractivity contribution in [1.29, 1.82) is 5.26 Å². The Morgan fingerprint density at radius 2 is 2.07 bits per heavy atom. The van der Waals surface area contributed by atoms with Gasteiger partial charge in [0.05, 0.1) is 11.6 Å². The molecule has 1 aromatic carbocycles. The number of anilines is 1. The summed E-state index contributed by atoms with van der Waals surface area (Å²) in [5.41, 5.74) is 2.02. The molecule has 0 spiro atoms. The number of benzene rings is 1. The van der Waals surface area contributed by atoms with E-state index in [0.717, 1.165) is 30.6 Å². The molecular formula is C20H16N8O2. The lowest BCUT2D eigenvalue weighted by Gasteiger charge is -2.27. The second-order valence-electron chi connectivity index (χ2n) is 6.86. The fourth-order valence-electron chi connectivity index (χ4n) is 3.50. The topological polar surface area (TPSA) is 130 Å². The lowest BCUT2D eigenvalue weighted by molar-refractivity contribution is 0.372. The van der Waals surface area contributed by atoms with Gasteiger partial charge in [0, 0.05) is 36.5 Å². The van der Waals surface area contributed by atoms with E-state index in [4.69, 9.17) is 9.78 Å². The fraction of sp³-hybridized carbons (Fsp3) is 0.200. The molecule has 1 N–H and O–H groups in total. The van der Waals surface area contributed by atoms with E-state index in [0.29, 0.717) is 35.6 Å². The highest BCUT2D eigenvalue weighted by molar-refractivity contribution is 5.59. The largest absolute Gasteiger partial charge is 0.493 e. The molecule has 10 nitrogen and oxygen atoms in total. The number of hydrogen-bond donors (Lipinski definition) is 1. The van der Waals surface area contributed by atoms with Gasteiger partial charge in [-0.05, 0) is 24.6 Å². The van der Waals surface area contributed by atoms with Crippen molar-refractivity contribution in [3.63, 3.8) is 0 Å². The van der Waals surface area contributed by atoms with Crippen LogP contribution in [0.2, 0.25) is 0 Å². The van der Waals surface area contributed by atoms with Crippen molar-refractivity contribution >= 4 is 5.95 Å². The van der Waals surface area contributed by atoms with Crippen LogP contribution in [0.5, 0.6) is 5.88 Å². The van der Waals surface area contributed by atoms with Gasteiger partial charge in [-0.25, -0.2) is 4.98 Å². The lowest BCUT2D eigenvalue weighted by Crippen LogP contribution is -2.32. The zero-order chi connectivity index (χ0) is 20.5. The van der Waals surface area contributed by atoms with Gasteiger partial charge in [-0.1, -0.05) is 17.3 Å². The van der Waals surface area contributed by atoms with E-state index >= 15 is 0 Å². The van der Waals surface area contributed by atoms with Gasteiger partial charge in [0.25, 0.3) is 0 Å². The Labute approximate surface area is 171 Å². The highest BCUT2D eigenvalue weighted by atomic mass is 16.5. The number of aromatic hydroxyl groups is 1. The first-order valence-corrected chi connectivity index (χ1v) is 9.38. The van der Waals surface area contributed by atoms with Crippen LogP contribution in [0.25, 0.3) is 22.8 Å². The maximum Gasteiger partial charge on any atom is 0.246 e. The molecule has 0 saturated heterocycles. The maximum absolute atomic E-state index is 9.67. The molecule has 1 aliphatic heterocycles. The van der Waals surface area contributed by atoms with E-state index < -0.39 is 0 Å². The monoisotopic (exact) mass is 400 g/mol. The van der Waals surface area contributed by atoms with Crippen molar-refractivity contribution in [2.45, 2.75) is 19.5 Å². The third kappa shape index (κ3) is 3.22. The third-order valence-corrected chi connectivity index (χ3v) is 4.87. The minimum atomic E-state index is -0.0589. The van der Waals surface area contributed by atoms with Crippen LogP contribution in [0.15, 0.2) is 47.1 Å². The minimum absolute atomic E-state index is 0.0589. The van der Waals surface area contributed by atoms with Crippen LogP contribution in [0.3, 0.4) is 0 Å². The van der Waals surface area contributed by atoms with Crippen molar-refractivity contribution in [1.82, 2.24) is 29.9 Å². The highest BCUT2D eigenvalue weighted by Crippen LogP contribution is 2.28. The van der Waals surface area contributed by atoms with Crippen LogP contribution in [-0.2, 0) is 13.1 Å². The molecule has 3 aromatic heterocycles. The molecule has 148 valence electrons. The number of fused-ring (bicyclic) bond motifs is 1. The summed E-state index contributed by atoms with van der Waals surface area (Å²) in [4.78, 5) is 10.3. The van der Waals surface area contributed by atoms with Crippen molar-refractivity contribution in [2.24, 2.45) is 0 Å². The number of nitrogens with zero attached hydrogens (tertiary/aromatic N) is 8. The van der Waals surface area contributed by atoms with Crippen molar-refractivity contribution in [3.05, 3.63) is 54.0 Å². The Kier molecular flexibility index (Phi) is 4.33. The molecular weight excluding hydrogens is 384 g/mol. The molecule has 10 heteroatoms. The normalized spacial score (nSPS) is 13.1. The standard InChI is InChI=1S/C20H16N8O2/c21-11-13-3-1-4-14(9-13)18-23-17(30-26-18)12-27-7-2-8-28-19(24-25-20(27)28)15-5-6-22-16(29)10-15/h1,3-6,9-10H,2,7-8,12H2,(H,22,29). The van der Waals surface area contributed by atoms with Gasteiger partial charge in [0.1, 0.15) is 6.54 Å². The first-order valence-electron chi connectivity index (χ1n) is 9.38. The highest BCUT2D eigenvalue weighted by Gasteiger charge is 2.25. The van der Waals surface area contributed by atoms with E-state index in [1.807, 2.05) is 15.5 Å². The molecule has 0 bridgehead atoms. The van der Waals surface area contributed by atoms with Crippen molar-refractivity contribution in [3.8, 4) is 34.7 Å². The summed E-state index contributed by atoms with van der Waals surface area (Å²) < 4.78 is 7.44. The summed E-state index contributed by atoms with van der Waals surface area (Å²) in [6.07, 6.45) is 2.44. The third-order valence-electron chi connectivity index (χ3n) is 4.87. The van der Waals surface area contributed by atoms with Gasteiger partial charge >= 0.3 is 0 Å². The number of pyridine rings is 1. The molecule has 0 radical (unpaired) electrons. The van der Waals surface area contributed by atoms with E-state index in [1.165, 1.54) is 6.20 Å². The smallest absolute Gasteiger partial charge is 0.246 e. The average molecular weight is 400 g/mol. The van der Waals surface area contributed by atoms with Crippen LogP contribution in [-0.4, -0.2) is 41.5 Å². The Bertz CT molecular complexity index is 1260. The van der Waals surface area contributed by atoms with Gasteiger partial charge in [0.15, 0.2) is 5.82 Å². The van der Waals surface area contributed by atoms with Gasteiger partial charge < -0.3 is 14.5 Å². The average Bonchev–Trinajstić information content (AvgIpc) is 3.42. The van der Waals surface area contributed by atoms with E-state index in [2.05, 4.69) is 31.4 Å². The molecule has 0 fully saturated rings. The zero-order valence-corrected chi connectivity index (χ0v) is 15.8. The Morgan fingerprint density at radius 1 is 1.13 bits per heavy atom. The molecule has 30 heavy (non-hydrogen) atoms. The van der Waals surface area contributed by atoms with E-state index in [-0.39, 0.29) is 5.88 Å². The minimum Gasteiger partial charge on any atom is -0.493 e. The van der Waals surface area contributed by atoms with Crippen LogP contribution < -0.4 is 4.90 Å². The predicted octanol–water partition coefficient (Wildman–Crippen LogP) is 2.38. The van der Waals surface area contributed by atoms with Crippen LogP contribution in [0, 0.1) is 11.3 Å². The van der Waals surface area contributed by atoms with Crippen molar-refractivity contribution in [2.75, 3.05) is 11.4 Å². The zero-order valence-electron chi connectivity index (χ0n) is 15.8. The molecule has 5 rings (SSSR count). The van der Waals surface area contributed by atoms with Crippen LogP contribution >= 0.6 is 0 Å². The quantitative estimate of drug-likeness (QED) is 0.548. The number of hydrogen-bond acceptors (Lipinski definition) is 9. The molecule has 0 aliphatic carbocycles. The Morgan fingerprint density at radius 3 is 2.93 bits per heavy atom. The maximum atomic E-state index is 9.67. The summed E-state index contributed by atoms with van der Waals surface area (Å²) >= 11 is 0. The van der Waals surface area contributed by atoms with Gasteiger partial charge in [-0.15, -0.1) is 10.2 Å². The molecule has 0 unspecified atom stereocenters. The van der Waals surface area contributed by atoms with E-state index in [9.17, 15) is 5.11 Å². The second-order valence-corrected chi connectivity index (χ2v) is 6.86. The SMILES string of the molecule is N#Cc1cccc(-c2noc(CN3CCCn4c(-c5ccnc(O)c5)nnc43)n2)c1. The van der Waals surface area contributed by atoms with Gasteiger partial charge in [0.2, 0.25) is 23.5 Å². The summed E-state index contributed by atoms with van der Waals surface area (Å²) in [7, 11) is 0. The first kappa shape index (κ1) is 17.8. The molecule has 4 aromatic rings. The van der Waals surface area contributed by atoms with Gasteiger partial charge in [-0.3, -0.25) is 4.57 Å². The number of nitriles is 1. The predicted molar refractivity (Wildman–Crippen MR) is 105 cm³/mol. The van der Waals surface area contributed by atoms with Crippen LogP contribution in [0.1, 0.15) is 17.9 Å². The lowest BCUT2D eigenvalue weighted by atomic mass is 10.1. The molecule has 0 saturated carbocycles. The molecule has 4 heterocycles. The van der Waals surface area contributed by atoms with Gasteiger partial charge in [-0.2, -0.15) is 10.2 Å². The summed E-state index contributed by atoms with van der Waals surface area (Å²) in [6.45, 7) is 1.94. The number of aromatic nitrogens is 6. The fourth-order valence-corrected chi connectivity index (χ4v) is 3.50. The van der Waals surface area contributed by atoms with E-state index in [1.54, 1.807) is 30.3 Å². The van der Waals surface area contributed by atoms with Crippen molar-refractivity contribution < 1.29 is 9.63 Å². The summed E-state index contributed by atoms with van der Waals surface area (Å²) in [6, 6.07) is 12.5. The molecule has 1 aliphatic rings. The number of rotatable bonds is 4. The summed E-state index contributed by atoms with van der Waals surface area (Å²) in [5, 5.41) is 31.4.